The second-order valence-corrected chi connectivity index (χ2v) is 5.09. The van der Waals surface area contributed by atoms with Gasteiger partial charge in [0.1, 0.15) is 0 Å². The van der Waals surface area contributed by atoms with Gasteiger partial charge in [0.05, 0.1) is 5.52 Å². The van der Waals surface area contributed by atoms with Gasteiger partial charge in [0.25, 0.3) is 5.56 Å². The summed E-state index contributed by atoms with van der Waals surface area (Å²) in [6.45, 7) is 1.08. The largest absolute Gasteiger partial charge is 0.314 e. The van der Waals surface area contributed by atoms with Crippen molar-refractivity contribution >= 4 is 10.9 Å². The smallest absolute Gasteiger partial charge is 0.254 e. The van der Waals surface area contributed by atoms with Gasteiger partial charge in [0, 0.05) is 18.7 Å². The minimum Gasteiger partial charge on any atom is -0.314 e. The maximum atomic E-state index is 12.3. The molecule has 94 valence electrons. The van der Waals surface area contributed by atoms with Crippen LogP contribution >= 0.6 is 0 Å². The fraction of sp³-hybridized carbons (Fsp3) is 0.400. The number of rotatable bonds is 2. The van der Waals surface area contributed by atoms with E-state index in [0.29, 0.717) is 6.04 Å². The van der Waals surface area contributed by atoms with E-state index in [1.807, 2.05) is 25.2 Å². The van der Waals surface area contributed by atoms with Crippen LogP contribution in [-0.2, 0) is 13.5 Å². The lowest BCUT2D eigenvalue weighted by atomic mass is 10.0. The van der Waals surface area contributed by atoms with E-state index in [9.17, 15) is 4.79 Å². The van der Waals surface area contributed by atoms with Crippen LogP contribution in [-0.4, -0.2) is 17.2 Å². The number of nitrogens with zero attached hydrogens (tertiary/aromatic N) is 1. The number of para-hydroxylation sites is 1. The van der Waals surface area contributed by atoms with Gasteiger partial charge in [0.2, 0.25) is 0 Å². The van der Waals surface area contributed by atoms with Crippen LogP contribution in [0.3, 0.4) is 0 Å². The lowest BCUT2D eigenvalue weighted by Gasteiger charge is -2.12. The van der Waals surface area contributed by atoms with E-state index in [2.05, 4.69) is 17.4 Å². The summed E-state index contributed by atoms with van der Waals surface area (Å²) in [7, 11) is 1.86. The summed E-state index contributed by atoms with van der Waals surface area (Å²) < 4.78 is 1.76. The van der Waals surface area contributed by atoms with Crippen molar-refractivity contribution in [3.63, 3.8) is 0 Å². The fourth-order valence-electron chi connectivity index (χ4n) is 2.83. The van der Waals surface area contributed by atoms with Gasteiger partial charge in [-0.15, -0.1) is 0 Å². The molecule has 1 N–H and O–H groups in total. The zero-order chi connectivity index (χ0) is 12.5. The third-order valence-electron chi connectivity index (χ3n) is 3.84. The Labute approximate surface area is 106 Å². The molecule has 1 fully saturated rings. The summed E-state index contributed by atoms with van der Waals surface area (Å²) in [6, 6.07) is 10.6. The highest BCUT2D eigenvalue weighted by Gasteiger charge is 2.17. The van der Waals surface area contributed by atoms with Gasteiger partial charge in [-0.2, -0.15) is 0 Å². The number of pyridine rings is 1. The molecular weight excluding hydrogens is 224 g/mol. The number of fused-ring (bicyclic) bond motifs is 1. The average molecular weight is 242 g/mol. The summed E-state index contributed by atoms with van der Waals surface area (Å²) in [4.78, 5) is 12.3. The zero-order valence-corrected chi connectivity index (χ0v) is 10.6. The fourth-order valence-corrected chi connectivity index (χ4v) is 2.83. The molecule has 3 heteroatoms. The zero-order valence-electron chi connectivity index (χ0n) is 10.6. The normalized spacial score (nSPS) is 19.5. The van der Waals surface area contributed by atoms with Crippen molar-refractivity contribution in [2.75, 3.05) is 6.54 Å². The Balaban J connectivity index is 2.06. The summed E-state index contributed by atoms with van der Waals surface area (Å²) in [5.74, 6) is 0. The molecule has 1 aromatic carbocycles. The second-order valence-electron chi connectivity index (χ2n) is 5.09. The van der Waals surface area contributed by atoms with Gasteiger partial charge in [-0.1, -0.05) is 18.2 Å². The van der Waals surface area contributed by atoms with Crippen LogP contribution in [0.25, 0.3) is 10.9 Å². The molecule has 0 radical (unpaired) electrons. The molecule has 1 unspecified atom stereocenters. The molecule has 3 nitrogen and oxygen atoms in total. The highest BCUT2D eigenvalue weighted by molar-refractivity contribution is 5.79. The van der Waals surface area contributed by atoms with Crippen molar-refractivity contribution in [1.29, 1.82) is 0 Å². The van der Waals surface area contributed by atoms with Crippen LogP contribution in [0.4, 0.5) is 0 Å². The summed E-state index contributed by atoms with van der Waals surface area (Å²) in [5.41, 5.74) is 2.07. The van der Waals surface area contributed by atoms with Gasteiger partial charge in [-0.3, -0.25) is 4.79 Å². The molecular formula is C15H18N2O. The number of aryl methyl sites for hydroxylation is 1. The Morgan fingerprint density at radius 3 is 3.00 bits per heavy atom. The first-order chi connectivity index (χ1) is 8.75. The summed E-state index contributed by atoms with van der Waals surface area (Å²) in [6.07, 6.45) is 3.24. The molecule has 18 heavy (non-hydrogen) atoms. The van der Waals surface area contributed by atoms with Gasteiger partial charge in [-0.05, 0) is 43.3 Å². The summed E-state index contributed by atoms with van der Waals surface area (Å²) in [5, 5.41) is 4.60. The quantitative estimate of drug-likeness (QED) is 0.871. The molecule has 1 atom stereocenters. The SMILES string of the molecule is Cn1c(=O)c(CC2CCCN2)cc2ccccc21. The van der Waals surface area contributed by atoms with Crippen molar-refractivity contribution in [3.8, 4) is 0 Å². The first-order valence-corrected chi connectivity index (χ1v) is 6.57. The third-order valence-corrected chi connectivity index (χ3v) is 3.84. The van der Waals surface area contributed by atoms with Crippen LogP contribution in [0.1, 0.15) is 18.4 Å². The van der Waals surface area contributed by atoms with Crippen molar-refractivity contribution < 1.29 is 0 Å². The van der Waals surface area contributed by atoms with Gasteiger partial charge in [-0.25, -0.2) is 0 Å². The van der Waals surface area contributed by atoms with Crippen molar-refractivity contribution in [3.05, 3.63) is 46.2 Å². The van der Waals surface area contributed by atoms with Gasteiger partial charge in [0.15, 0.2) is 0 Å². The third kappa shape index (κ3) is 1.95. The van der Waals surface area contributed by atoms with E-state index >= 15 is 0 Å². The number of hydrogen-bond acceptors (Lipinski definition) is 2. The second kappa shape index (κ2) is 4.58. The molecule has 0 spiro atoms. The molecule has 0 aliphatic carbocycles. The number of aromatic nitrogens is 1. The summed E-state index contributed by atoms with van der Waals surface area (Å²) >= 11 is 0. The Morgan fingerprint density at radius 1 is 1.39 bits per heavy atom. The van der Waals surface area contributed by atoms with E-state index in [1.54, 1.807) is 4.57 Å². The molecule has 1 aliphatic rings. The van der Waals surface area contributed by atoms with E-state index in [4.69, 9.17) is 0 Å². The first-order valence-electron chi connectivity index (χ1n) is 6.57. The predicted octanol–water partition coefficient (Wildman–Crippen LogP) is 1.83. The Morgan fingerprint density at radius 2 is 2.22 bits per heavy atom. The highest BCUT2D eigenvalue weighted by atomic mass is 16.1. The Hall–Kier alpha value is -1.61. The minimum atomic E-state index is 0.141. The Kier molecular flexibility index (Phi) is 2.92. The molecule has 2 heterocycles. The minimum absolute atomic E-state index is 0.141. The molecule has 2 aromatic rings. The maximum Gasteiger partial charge on any atom is 0.254 e. The van der Waals surface area contributed by atoms with Crippen LogP contribution in [0, 0.1) is 0 Å². The van der Waals surface area contributed by atoms with E-state index in [0.717, 1.165) is 29.4 Å². The molecule has 0 bridgehead atoms. The Bertz CT molecular complexity index is 624. The predicted molar refractivity (Wildman–Crippen MR) is 73.9 cm³/mol. The van der Waals surface area contributed by atoms with E-state index < -0.39 is 0 Å². The van der Waals surface area contributed by atoms with Crippen molar-refractivity contribution in [2.45, 2.75) is 25.3 Å². The number of nitrogens with one attached hydrogen (secondary N) is 1. The molecule has 3 rings (SSSR count). The topological polar surface area (TPSA) is 34.0 Å². The van der Waals surface area contributed by atoms with Crippen LogP contribution in [0.5, 0.6) is 0 Å². The van der Waals surface area contributed by atoms with Crippen LogP contribution in [0.15, 0.2) is 35.1 Å². The average Bonchev–Trinajstić information content (AvgIpc) is 2.89. The van der Waals surface area contributed by atoms with Crippen LogP contribution in [0.2, 0.25) is 0 Å². The van der Waals surface area contributed by atoms with E-state index in [1.165, 1.54) is 12.8 Å². The lowest BCUT2D eigenvalue weighted by molar-refractivity contribution is 0.598. The molecule has 0 saturated carbocycles. The molecule has 0 amide bonds. The molecule has 1 saturated heterocycles. The van der Waals surface area contributed by atoms with Crippen LogP contribution < -0.4 is 10.9 Å². The van der Waals surface area contributed by atoms with Gasteiger partial charge < -0.3 is 9.88 Å². The standard InChI is InChI=1S/C15H18N2O/c1-17-14-7-3-2-5-11(14)9-12(15(17)18)10-13-6-4-8-16-13/h2-3,5,7,9,13,16H,4,6,8,10H2,1H3. The van der Waals surface area contributed by atoms with Crippen molar-refractivity contribution in [1.82, 2.24) is 9.88 Å². The van der Waals surface area contributed by atoms with Crippen molar-refractivity contribution in [2.24, 2.45) is 7.05 Å². The number of hydrogen-bond donors (Lipinski definition) is 1. The molecule has 1 aliphatic heterocycles. The number of benzene rings is 1. The highest BCUT2D eigenvalue weighted by Crippen LogP contribution is 2.15. The first kappa shape index (κ1) is 11.5. The lowest BCUT2D eigenvalue weighted by Crippen LogP contribution is -2.29. The van der Waals surface area contributed by atoms with E-state index in [-0.39, 0.29) is 5.56 Å². The monoisotopic (exact) mass is 242 g/mol. The van der Waals surface area contributed by atoms with Gasteiger partial charge >= 0.3 is 0 Å². The molecule has 1 aromatic heterocycles. The maximum absolute atomic E-state index is 12.3.